The van der Waals surface area contributed by atoms with Crippen LogP contribution in [-0.2, 0) is 12.8 Å². The van der Waals surface area contributed by atoms with Gasteiger partial charge in [-0.25, -0.2) is 18.4 Å². The third kappa shape index (κ3) is 8.02. The van der Waals surface area contributed by atoms with Crippen molar-refractivity contribution in [3.8, 4) is 32.4 Å². The molecule has 0 aliphatic heterocycles. The van der Waals surface area contributed by atoms with E-state index in [0.717, 1.165) is 47.0 Å². The van der Waals surface area contributed by atoms with Crippen molar-refractivity contribution in [1.82, 2.24) is 0 Å². The number of rotatable bonds is 10. The number of aromatic carboxylic acids is 2. The summed E-state index contributed by atoms with van der Waals surface area (Å²) in [7, 11) is 0. The zero-order valence-corrected chi connectivity index (χ0v) is 36.5. The number of ketones is 2. The van der Waals surface area contributed by atoms with E-state index >= 15 is 0 Å². The second-order valence-corrected chi connectivity index (χ2v) is 19.1. The van der Waals surface area contributed by atoms with Crippen molar-refractivity contribution < 1.29 is 48.4 Å². The monoisotopic (exact) mass is 944 g/mol. The van der Waals surface area contributed by atoms with Gasteiger partial charge >= 0.3 is 11.9 Å². The lowest BCUT2D eigenvalue weighted by molar-refractivity contribution is 0.0685. The summed E-state index contributed by atoms with van der Waals surface area (Å²) in [6.45, 7) is 4.88. The number of halogens is 3. The van der Waals surface area contributed by atoms with Crippen LogP contribution >= 0.6 is 61.3 Å². The number of hydrogen-bond donors (Lipinski definition) is 4. The number of carbonyl (C=O) groups excluding carboxylic acids is 2. The van der Waals surface area contributed by atoms with Gasteiger partial charge in [-0.3, -0.25) is 9.59 Å². The normalized spacial score (nSPS) is 11.2. The van der Waals surface area contributed by atoms with E-state index in [9.17, 15) is 48.4 Å². The number of benzene rings is 4. The van der Waals surface area contributed by atoms with Crippen LogP contribution in [-0.4, -0.2) is 43.9 Å². The lowest BCUT2D eigenvalue weighted by Crippen LogP contribution is -2.08. The van der Waals surface area contributed by atoms with Gasteiger partial charge in [0.1, 0.15) is 21.3 Å². The number of hydrogen-bond acceptors (Lipinski definition) is 10. The zero-order chi connectivity index (χ0) is 43.2. The highest BCUT2D eigenvalue weighted by Gasteiger charge is 2.29. The number of aryl methyl sites for hydroxylation is 3. The molecule has 15 heteroatoms. The maximum atomic E-state index is 14.6. The fourth-order valence-corrected chi connectivity index (χ4v) is 11.5. The molecule has 0 spiro atoms. The van der Waals surface area contributed by atoms with E-state index in [-0.39, 0.29) is 72.6 Å². The van der Waals surface area contributed by atoms with Gasteiger partial charge in [-0.2, -0.15) is 0 Å². The number of carboxylic acids is 2. The van der Waals surface area contributed by atoms with Gasteiger partial charge in [0, 0.05) is 57.7 Å². The van der Waals surface area contributed by atoms with Crippen molar-refractivity contribution >= 4 is 105 Å². The number of Topliss-reactive ketones (excluding diaryl/α,β-unsaturated/α-hetero) is 2. The predicted molar refractivity (Wildman–Crippen MR) is 238 cm³/mol. The van der Waals surface area contributed by atoms with Crippen LogP contribution in [0.1, 0.15) is 66.5 Å². The zero-order valence-electron chi connectivity index (χ0n) is 31.7. The molecule has 4 heterocycles. The first-order chi connectivity index (χ1) is 28.6. The molecule has 4 aromatic heterocycles. The molecule has 0 bridgehead atoms. The van der Waals surface area contributed by atoms with Gasteiger partial charge in [-0.15, -0.1) is 45.3 Å². The highest BCUT2D eigenvalue weighted by atomic mass is 79.9. The van der Waals surface area contributed by atoms with E-state index in [1.807, 2.05) is 43.3 Å². The minimum absolute atomic E-state index is 0.0338. The summed E-state index contributed by atoms with van der Waals surface area (Å²) >= 11 is 8.11. The highest BCUT2D eigenvalue weighted by molar-refractivity contribution is 9.10. The first kappa shape index (κ1) is 42.5. The number of carboxylic acid groups (broad SMARTS) is 2. The van der Waals surface area contributed by atoms with Crippen LogP contribution in [0.15, 0.2) is 89.4 Å². The van der Waals surface area contributed by atoms with E-state index in [4.69, 9.17) is 0 Å². The summed E-state index contributed by atoms with van der Waals surface area (Å²) in [4.78, 5) is 52.5. The van der Waals surface area contributed by atoms with E-state index in [0.29, 0.717) is 26.1 Å². The van der Waals surface area contributed by atoms with Crippen LogP contribution in [0.2, 0.25) is 0 Å². The molecule has 4 aromatic carbocycles. The van der Waals surface area contributed by atoms with Crippen molar-refractivity contribution in [2.75, 3.05) is 0 Å². The first-order valence-corrected chi connectivity index (χ1v) is 22.0. The summed E-state index contributed by atoms with van der Waals surface area (Å²) in [5.41, 5.74) is 1.42. The molecular formula is C45H31BrF2O8S4. The molecule has 8 nitrogen and oxygen atoms in total. The highest BCUT2D eigenvalue weighted by Crippen LogP contribution is 2.43. The van der Waals surface area contributed by atoms with E-state index in [1.165, 1.54) is 41.7 Å². The summed E-state index contributed by atoms with van der Waals surface area (Å²) in [5, 5.41) is 41.8. The minimum atomic E-state index is -1.33. The molecule has 0 fully saturated rings. The Balaban J connectivity index is 0.000000182. The third-order valence-corrected chi connectivity index (χ3v) is 15.1. The predicted octanol–water partition coefficient (Wildman–Crippen LogP) is 12.9. The van der Waals surface area contributed by atoms with Gasteiger partial charge in [0.15, 0.2) is 23.2 Å². The molecule has 8 aromatic rings. The topological polar surface area (TPSA) is 149 Å². The van der Waals surface area contributed by atoms with Crippen molar-refractivity contribution in [3.63, 3.8) is 0 Å². The largest absolute Gasteiger partial charge is 0.506 e. The van der Waals surface area contributed by atoms with Crippen LogP contribution < -0.4 is 0 Å². The molecule has 0 saturated carbocycles. The maximum Gasteiger partial charge on any atom is 0.337 e. The van der Waals surface area contributed by atoms with Crippen molar-refractivity contribution in [2.45, 2.75) is 33.6 Å². The number of aromatic hydroxyl groups is 2. The lowest BCUT2D eigenvalue weighted by atomic mass is 9.98. The molecule has 0 unspecified atom stereocenters. The van der Waals surface area contributed by atoms with Gasteiger partial charge in [-0.1, -0.05) is 64.5 Å². The van der Waals surface area contributed by atoms with Crippen molar-refractivity contribution in [3.05, 3.63) is 148 Å². The van der Waals surface area contributed by atoms with E-state index in [2.05, 4.69) is 15.9 Å². The standard InChI is InChI=1S/C23H16F2O4S2.C22H15BrO4S2/c1-10-7-8-13(19(25)18(10)24)21-17(23(28)29)14(11(2)30-21)9-15(26)22-20(27)12-5-3-4-6-16(12)31-22;1-11-15(10-16(24)21-19(25)14-4-2-3-5-17(14)29-21)18(22(26)27)20(28-11)12-6-8-13(23)9-7-12/h3-8,27H,9H2,1-2H3,(H,28,29);2-9,25H,10H2,1H3,(H,26,27). The summed E-state index contributed by atoms with van der Waals surface area (Å²) in [6, 6.07) is 24.4. The number of carbonyl (C=O) groups is 4. The van der Waals surface area contributed by atoms with Gasteiger partial charge in [0.2, 0.25) is 0 Å². The second-order valence-electron chi connectivity index (χ2n) is 13.6. The van der Waals surface area contributed by atoms with Crippen LogP contribution in [0, 0.1) is 32.4 Å². The Morgan fingerprint density at radius 1 is 0.583 bits per heavy atom. The molecule has 0 radical (unpaired) electrons. The Morgan fingerprint density at radius 2 is 1.03 bits per heavy atom. The molecule has 0 aliphatic rings. The molecule has 60 heavy (non-hydrogen) atoms. The Kier molecular flexibility index (Phi) is 12.2. The maximum absolute atomic E-state index is 14.6. The van der Waals surface area contributed by atoms with Crippen LogP contribution in [0.25, 0.3) is 41.1 Å². The third-order valence-electron chi connectivity index (χ3n) is 9.79. The number of fused-ring (bicyclic) bond motifs is 2. The summed E-state index contributed by atoms with van der Waals surface area (Å²) in [6.07, 6.45) is -0.346. The Labute approximate surface area is 365 Å². The number of thiophene rings is 4. The fraction of sp³-hybridized carbons (Fsp3) is 0.111. The molecule has 0 atom stereocenters. The summed E-state index contributed by atoms with van der Waals surface area (Å²) in [5.74, 6) is -5.44. The molecule has 0 saturated heterocycles. The quantitative estimate of drug-likeness (QED) is 0.0990. The van der Waals surface area contributed by atoms with Crippen LogP contribution in [0.3, 0.4) is 0 Å². The van der Waals surface area contributed by atoms with Gasteiger partial charge < -0.3 is 20.4 Å². The lowest BCUT2D eigenvalue weighted by Gasteiger charge is -2.07. The molecule has 4 N–H and O–H groups in total. The molecule has 0 aliphatic carbocycles. The summed E-state index contributed by atoms with van der Waals surface area (Å²) < 4.78 is 31.1. The van der Waals surface area contributed by atoms with Crippen LogP contribution in [0.4, 0.5) is 8.78 Å². The van der Waals surface area contributed by atoms with Gasteiger partial charge in [0.25, 0.3) is 0 Å². The SMILES string of the molecule is Cc1ccc(-c2sc(C)c(CC(=O)c3sc4ccccc4c3O)c2C(=O)O)c(F)c1F.Cc1sc(-c2ccc(Br)cc2)c(C(=O)O)c1CC(=O)c1sc2ccccc2c1O. The molecule has 304 valence electrons. The molecule has 8 rings (SSSR count). The van der Waals surface area contributed by atoms with Crippen molar-refractivity contribution in [2.24, 2.45) is 0 Å². The smallest absolute Gasteiger partial charge is 0.337 e. The van der Waals surface area contributed by atoms with E-state index < -0.39 is 29.4 Å². The Hall–Kier alpha value is -5.58. The molecule has 0 amide bonds. The minimum Gasteiger partial charge on any atom is -0.506 e. The molecular weight excluding hydrogens is 915 g/mol. The first-order valence-electron chi connectivity index (χ1n) is 18.0. The van der Waals surface area contributed by atoms with Crippen molar-refractivity contribution in [1.29, 1.82) is 0 Å². The van der Waals surface area contributed by atoms with E-state index in [1.54, 1.807) is 43.3 Å². The Bertz CT molecular complexity index is 3030. The second kappa shape index (κ2) is 17.2. The van der Waals surface area contributed by atoms with Gasteiger partial charge in [0.05, 0.1) is 16.0 Å². The average molecular weight is 946 g/mol. The van der Waals surface area contributed by atoms with Crippen LogP contribution in [0.5, 0.6) is 11.5 Å². The average Bonchev–Trinajstić information content (AvgIpc) is 3.95. The Morgan fingerprint density at radius 3 is 1.50 bits per heavy atom. The van der Waals surface area contributed by atoms with Gasteiger partial charge in [-0.05, 0) is 79.4 Å². The fourth-order valence-electron chi connectivity index (χ4n) is 6.77.